The van der Waals surface area contributed by atoms with Crippen molar-refractivity contribution in [2.75, 3.05) is 13.1 Å². The summed E-state index contributed by atoms with van der Waals surface area (Å²) < 4.78 is 0. The number of nitrogens with one attached hydrogen (secondary N) is 1. The van der Waals surface area contributed by atoms with Crippen molar-refractivity contribution in [3.8, 4) is 6.07 Å². The minimum atomic E-state index is 0.0719. The van der Waals surface area contributed by atoms with Crippen molar-refractivity contribution < 1.29 is 0 Å². The Labute approximate surface area is 97.3 Å². The number of aryl methyl sites for hydroxylation is 1. The highest BCUT2D eigenvalue weighted by Gasteiger charge is 2.24. The standard InChI is InChI=1S/C14H18N2/c1-11-2-4-12(5-3-11)14(10-15)13-6-8-16-9-7-13/h2-5,13-14,16H,6-9H2,1H3. The molecule has 1 unspecified atom stereocenters. The van der Waals surface area contributed by atoms with Gasteiger partial charge in [0.1, 0.15) is 0 Å². The first-order valence-electron chi connectivity index (χ1n) is 5.98. The average Bonchev–Trinajstić information content (AvgIpc) is 2.34. The van der Waals surface area contributed by atoms with Gasteiger partial charge in [0, 0.05) is 0 Å². The van der Waals surface area contributed by atoms with E-state index in [0.717, 1.165) is 25.9 Å². The lowest BCUT2D eigenvalue weighted by Crippen LogP contribution is -2.30. The summed E-state index contributed by atoms with van der Waals surface area (Å²) in [6, 6.07) is 10.9. The summed E-state index contributed by atoms with van der Waals surface area (Å²) in [6.45, 7) is 4.18. The van der Waals surface area contributed by atoms with E-state index in [1.807, 2.05) is 0 Å². The van der Waals surface area contributed by atoms with Crippen molar-refractivity contribution in [3.63, 3.8) is 0 Å². The van der Waals surface area contributed by atoms with Crippen LogP contribution in [0.1, 0.15) is 29.9 Å². The van der Waals surface area contributed by atoms with E-state index < -0.39 is 0 Å². The Balaban J connectivity index is 2.15. The smallest absolute Gasteiger partial charge is 0.0741 e. The zero-order valence-electron chi connectivity index (χ0n) is 9.74. The summed E-state index contributed by atoms with van der Waals surface area (Å²) in [6.07, 6.45) is 2.23. The van der Waals surface area contributed by atoms with Gasteiger partial charge in [-0.05, 0) is 44.3 Å². The van der Waals surface area contributed by atoms with Crippen molar-refractivity contribution in [1.29, 1.82) is 5.26 Å². The first-order chi connectivity index (χ1) is 7.81. The van der Waals surface area contributed by atoms with Crippen LogP contribution in [0, 0.1) is 24.2 Å². The molecule has 1 aliphatic heterocycles. The van der Waals surface area contributed by atoms with E-state index in [4.69, 9.17) is 0 Å². The molecule has 2 nitrogen and oxygen atoms in total. The van der Waals surface area contributed by atoms with Crippen LogP contribution in [0.3, 0.4) is 0 Å². The van der Waals surface area contributed by atoms with Crippen molar-refractivity contribution in [3.05, 3.63) is 35.4 Å². The van der Waals surface area contributed by atoms with E-state index in [1.165, 1.54) is 11.1 Å². The fraction of sp³-hybridized carbons (Fsp3) is 0.500. The summed E-state index contributed by atoms with van der Waals surface area (Å²) in [5.74, 6) is 0.594. The third kappa shape index (κ3) is 2.43. The van der Waals surface area contributed by atoms with E-state index in [0.29, 0.717) is 5.92 Å². The lowest BCUT2D eigenvalue weighted by atomic mass is 9.81. The first kappa shape index (κ1) is 11.2. The van der Waals surface area contributed by atoms with Gasteiger partial charge in [0.2, 0.25) is 0 Å². The highest BCUT2D eigenvalue weighted by atomic mass is 14.9. The predicted molar refractivity (Wildman–Crippen MR) is 65.1 cm³/mol. The fourth-order valence-corrected chi connectivity index (χ4v) is 2.40. The molecule has 0 bridgehead atoms. The molecule has 0 amide bonds. The third-order valence-corrected chi connectivity index (χ3v) is 3.43. The van der Waals surface area contributed by atoms with Crippen molar-refractivity contribution in [2.45, 2.75) is 25.7 Å². The monoisotopic (exact) mass is 214 g/mol. The summed E-state index contributed by atoms with van der Waals surface area (Å²) in [5, 5.41) is 12.7. The van der Waals surface area contributed by atoms with E-state index in [2.05, 4.69) is 42.6 Å². The van der Waals surface area contributed by atoms with Crippen LogP contribution in [-0.4, -0.2) is 13.1 Å². The average molecular weight is 214 g/mol. The van der Waals surface area contributed by atoms with E-state index in [9.17, 15) is 5.26 Å². The summed E-state index contributed by atoms with van der Waals surface area (Å²) >= 11 is 0. The largest absolute Gasteiger partial charge is 0.317 e. The van der Waals surface area contributed by atoms with Gasteiger partial charge in [0.05, 0.1) is 12.0 Å². The maximum absolute atomic E-state index is 9.33. The maximum atomic E-state index is 9.33. The normalized spacial score (nSPS) is 19.0. The fourth-order valence-electron chi connectivity index (χ4n) is 2.40. The summed E-state index contributed by atoms with van der Waals surface area (Å²) in [5.41, 5.74) is 2.44. The van der Waals surface area contributed by atoms with Crippen LogP contribution in [0.25, 0.3) is 0 Å². The number of nitriles is 1. The Kier molecular flexibility index (Phi) is 3.58. The van der Waals surface area contributed by atoms with Crippen LogP contribution < -0.4 is 5.32 Å². The molecular weight excluding hydrogens is 196 g/mol. The highest BCUT2D eigenvalue weighted by molar-refractivity contribution is 5.29. The highest BCUT2D eigenvalue weighted by Crippen LogP contribution is 2.30. The number of hydrogen-bond acceptors (Lipinski definition) is 2. The maximum Gasteiger partial charge on any atom is 0.0741 e. The topological polar surface area (TPSA) is 35.8 Å². The van der Waals surface area contributed by atoms with Crippen LogP contribution in [0.2, 0.25) is 0 Å². The van der Waals surface area contributed by atoms with Gasteiger partial charge in [-0.15, -0.1) is 0 Å². The van der Waals surface area contributed by atoms with Gasteiger partial charge < -0.3 is 5.32 Å². The molecule has 1 atom stereocenters. The van der Waals surface area contributed by atoms with E-state index in [1.54, 1.807) is 0 Å². The lowest BCUT2D eigenvalue weighted by molar-refractivity contribution is 0.351. The molecular formula is C14H18N2. The van der Waals surface area contributed by atoms with Crippen molar-refractivity contribution >= 4 is 0 Å². The number of rotatable bonds is 2. The zero-order chi connectivity index (χ0) is 11.4. The van der Waals surface area contributed by atoms with Crippen LogP contribution in [-0.2, 0) is 0 Å². The van der Waals surface area contributed by atoms with Crippen LogP contribution in [0.4, 0.5) is 0 Å². The second-order valence-electron chi connectivity index (χ2n) is 4.60. The Morgan fingerprint density at radius 1 is 1.25 bits per heavy atom. The molecule has 2 heteroatoms. The van der Waals surface area contributed by atoms with Gasteiger partial charge in [0.15, 0.2) is 0 Å². The SMILES string of the molecule is Cc1ccc(C(C#N)C2CCNCC2)cc1. The van der Waals surface area contributed by atoms with Gasteiger partial charge in [-0.3, -0.25) is 0 Å². The Morgan fingerprint density at radius 2 is 1.88 bits per heavy atom. The number of benzene rings is 1. The molecule has 1 aromatic rings. The van der Waals surface area contributed by atoms with Crippen LogP contribution in [0.5, 0.6) is 0 Å². The quantitative estimate of drug-likeness (QED) is 0.821. The van der Waals surface area contributed by atoms with Gasteiger partial charge in [-0.2, -0.15) is 5.26 Å². The van der Waals surface area contributed by atoms with E-state index >= 15 is 0 Å². The molecule has 1 heterocycles. The van der Waals surface area contributed by atoms with Crippen LogP contribution >= 0.6 is 0 Å². The number of nitrogens with zero attached hydrogens (tertiary/aromatic N) is 1. The number of hydrogen-bond donors (Lipinski definition) is 1. The summed E-state index contributed by atoms with van der Waals surface area (Å²) in [7, 11) is 0. The zero-order valence-corrected chi connectivity index (χ0v) is 9.74. The van der Waals surface area contributed by atoms with Gasteiger partial charge >= 0.3 is 0 Å². The second kappa shape index (κ2) is 5.14. The van der Waals surface area contributed by atoms with E-state index in [-0.39, 0.29) is 5.92 Å². The van der Waals surface area contributed by atoms with Crippen molar-refractivity contribution in [1.82, 2.24) is 5.32 Å². The molecule has 84 valence electrons. The molecule has 1 N–H and O–H groups in total. The van der Waals surface area contributed by atoms with Crippen molar-refractivity contribution in [2.24, 2.45) is 5.92 Å². The molecule has 1 fully saturated rings. The molecule has 0 spiro atoms. The predicted octanol–water partition coefficient (Wildman–Crippen LogP) is 2.60. The molecule has 1 aliphatic rings. The molecule has 1 aromatic carbocycles. The van der Waals surface area contributed by atoms with Crippen LogP contribution in [0.15, 0.2) is 24.3 Å². The van der Waals surface area contributed by atoms with Gasteiger partial charge in [-0.25, -0.2) is 0 Å². The number of piperidine rings is 1. The van der Waals surface area contributed by atoms with Gasteiger partial charge in [0.25, 0.3) is 0 Å². The molecule has 16 heavy (non-hydrogen) atoms. The van der Waals surface area contributed by atoms with Gasteiger partial charge in [-0.1, -0.05) is 29.8 Å². The minimum Gasteiger partial charge on any atom is -0.317 e. The lowest BCUT2D eigenvalue weighted by Gasteiger charge is -2.26. The third-order valence-electron chi connectivity index (χ3n) is 3.43. The molecule has 2 rings (SSSR count). The second-order valence-corrected chi connectivity index (χ2v) is 4.60. The molecule has 0 aromatic heterocycles. The molecule has 0 saturated carbocycles. The summed E-state index contributed by atoms with van der Waals surface area (Å²) in [4.78, 5) is 0. The Hall–Kier alpha value is -1.33. The Morgan fingerprint density at radius 3 is 2.44 bits per heavy atom. The molecule has 0 radical (unpaired) electrons. The Bertz CT molecular complexity index is 369. The first-order valence-corrected chi connectivity index (χ1v) is 5.98. The molecule has 0 aliphatic carbocycles. The molecule has 1 saturated heterocycles. The minimum absolute atomic E-state index is 0.0719.